The number of para-hydroxylation sites is 1. The molecule has 0 saturated carbocycles. The average molecular weight is 407 g/mol. The number of alkyl carbamates (subject to hydrolysis) is 1. The van der Waals surface area contributed by atoms with Crippen molar-refractivity contribution in [3.05, 3.63) is 36.0 Å². The SMILES string of the molecule is CC(C)(C)OC(=O)NC(C)(C)c1noc(CSc2nc3ccccc3s2)n1. The van der Waals surface area contributed by atoms with Gasteiger partial charge >= 0.3 is 6.09 Å². The van der Waals surface area contributed by atoms with Crippen molar-refractivity contribution in [2.24, 2.45) is 0 Å². The number of aromatic nitrogens is 3. The highest BCUT2D eigenvalue weighted by atomic mass is 32.2. The van der Waals surface area contributed by atoms with Crippen LogP contribution < -0.4 is 5.32 Å². The summed E-state index contributed by atoms with van der Waals surface area (Å²) in [6.45, 7) is 9.03. The lowest BCUT2D eigenvalue weighted by Gasteiger charge is -2.26. The highest BCUT2D eigenvalue weighted by molar-refractivity contribution is 8.00. The molecule has 9 heteroatoms. The first-order valence-corrected chi connectivity index (χ1v) is 10.3. The number of fused-ring (bicyclic) bond motifs is 1. The van der Waals surface area contributed by atoms with Crippen molar-refractivity contribution in [2.75, 3.05) is 0 Å². The normalized spacial score (nSPS) is 12.3. The van der Waals surface area contributed by atoms with Crippen LogP contribution in [0.25, 0.3) is 10.2 Å². The van der Waals surface area contributed by atoms with E-state index in [0.717, 1.165) is 14.6 Å². The van der Waals surface area contributed by atoms with E-state index in [9.17, 15) is 4.79 Å². The van der Waals surface area contributed by atoms with Gasteiger partial charge in [0.15, 0.2) is 10.2 Å². The molecule has 1 N–H and O–H groups in total. The number of ether oxygens (including phenoxy) is 1. The summed E-state index contributed by atoms with van der Waals surface area (Å²) < 4.78 is 12.7. The number of thioether (sulfide) groups is 1. The van der Waals surface area contributed by atoms with Gasteiger partial charge in [0.1, 0.15) is 11.1 Å². The van der Waals surface area contributed by atoms with Crippen LogP contribution in [-0.4, -0.2) is 26.8 Å². The Kier molecular flexibility index (Phi) is 5.43. The molecule has 0 aliphatic carbocycles. The molecule has 0 atom stereocenters. The van der Waals surface area contributed by atoms with Crippen molar-refractivity contribution >= 4 is 39.4 Å². The van der Waals surface area contributed by atoms with Crippen molar-refractivity contribution in [3.63, 3.8) is 0 Å². The molecule has 7 nitrogen and oxygen atoms in total. The number of carbonyl (C=O) groups excluding carboxylic acids is 1. The van der Waals surface area contributed by atoms with Crippen molar-refractivity contribution in [3.8, 4) is 0 Å². The van der Waals surface area contributed by atoms with Crippen molar-refractivity contribution in [1.82, 2.24) is 20.4 Å². The molecule has 1 amide bonds. The van der Waals surface area contributed by atoms with E-state index in [2.05, 4.69) is 20.4 Å². The lowest BCUT2D eigenvalue weighted by atomic mass is 10.1. The number of amides is 1. The Labute approximate surface area is 165 Å². The fourth-order valence-corrected chi connectivity index (χ4v) is 4.12. The first-order chi connectivity index (χ1) is 12.6. The summed E-state index contributed by atoms with van der Waals surface area (Å²) in [5.41, 5.74) is -0.403. The molecule has 0 aliphatic rings. The Bertz CT molecular complexity index is 910. The Morgan fingerprint density at radius 2 is 1.96 bits per heavy atom. The van der Waals surface area contributed by atoms with Crippen LogP contribution in [-0.2, 0) is 16.0 Å². The second kappa shape index (κ2) is 7.47. The van der Waals surface area contributed by atoms with Gasteiger partial charge in [0.2, 0.25) is 5.89 Å². The van der Waals surface area contributed by atoms with Crippen molar-refractivity contribution in [2.45, 2.75) is 55.9 Å². The van der Waals surface area contributed by atoms with E-state index in [1.165, 1.54) is 0 Å². The van der Waals surface area contributed by atoms with E-state index < -0.39 is 17.2 Å². The van der Waals surface area contributed by atoms with Crippen molar-refractivity contribution < 1.29 is 14.1 Å². The largest absolute Gasteiger partial charge is 0.444 e. The van der Waals surface area contributed by atoms with Crippen molar-refractivity contribution in [1.29, 1.82) is 0 Å². The molecule has 0 radical (unpaired) electrons. The second-order valence-electron chi connectivity index (χ2n) is 7.50. The summed E-state index contributed by atoms with van der Waals surface area (Å²) >= 11 is 3.18. The summed E-state index contributed by atoms with van der Waals surface area (Å²) in [6, 6.07) is 8.01. The Balaban J connectivity index is 1.62. The fraction of sp³-hybridized carbons (Fsp3) is 0.444. The maximum atomic E-state index is 12.0. The summed E-state index contributed by atoms with van der Waals surface area (Å²) in [5.74, 6) is 1.39. The van der Waals surface area contributed by atoms with Gasteiger partial charge in [0.25, 0.3) is 0 Å². The molecule has 2 heterocycles. The molecule has 0 saturated heterocycles. The predicted molar refractivity (Wildman–Crippen MR) is 106 cm³/mol. The second-order valence-corrected chi connectivity index (χ2v) is 9.75. The molecule has 0 bridgehead atoms. The summed E-state index contributed by atoms with van der Waals surface area (Å²) in [4.78, 5) is 21.0. The van der Waals surface area contributed by atoms with Gasteiger partial charge in [-0.25, -0.2) is 9.78 Å². The molecule has 144 valence electrons. The van der Waals surface area contributed by atoms with Gasteiger partial charge in [-0.1, -0.05) is 29.1 Å². The predicted octanol–water partition coefficient (Wildman–Crippen LogP) is 4.73. The number of rotatable bonds is 5. The molecule has 2 aromatic heterocycles. The van der Waals surface area contributed by atoms with Gasteiger partial charge in [0, 0.05) is 0 Å². The van der Waals surface area contributed by atoms with Crippen LogP contribution in [0.1, 0.15) is 46.3 Å². The maximum Gasteiger partial charge on any atom is 0.408 e. The quantitative estimate of drug-likeness (QED) is 0.612. The minimum Gasteiger partial charge on any atom is -0.444 e. The number of hydrogen-bond donors (Lipinski definition) is 1. The zero-order valence-corrected chi connectivity index (χ0v) is 17.5. The van der Waals surface area contributed by atoms with Gasteiger partial charge < -0.3 is 14.6 Å². The Hall–Kier alpha value is -2.13. The van der Waals surface area contributed by atoms with E-state index in [0.29, 0.717) is 17.5 Å². The maximum absolute atomic E-state index is 12.0. The molecule has 1 aromatic carbocycles. The van der Waals surface area contributed by atoms with E-state index in [1.807, 2.05) is 45.0 Å². The smallest absolute Gasteiger partial charge is 0.408 e. The minimum absolute atomic E-state index is 0.397. The molecular weight excluding hydrogens is 384 g/mol. The Morgan fingerprint density at radius 3 is 2.67 bits per heavy atom. The third-order valence-electron chi connectivity index (χ3n) is 3.43. The van der Waals surface area contributed by atoms with Gasteiger partial charge in [-0.3, -0.25) is 0 Å². The highest BCUT2D eigenvalue weighted by Crippen LogP contribution is 2.31. The number of nitrogens with zero attached hydrogens (tertiary/aromatic N) is 3. The zero-order valence-electron chi connectivity index (χ0n) is 15.9. The van der Waals surface area contributed by atoms with Crippen LogP contribution in [0.3, 0.4) is 0 Å². The average Bonchev–Trinajstić information content (AvgIpc) is 3.17. The lowest BCUT2D eigenvalue weighted by molar-refractivity contribution is 0.0465. The lowest BCUT2D eigenvalue weighted by Crippen LogP contribution is -2.44. The van der Waals surface area contributed by atoms with Gasteiger partial charge in [-0.15, -0.1) is 11.3 Å². The molecule has 3 aromatic rings. The van der Waals surface area contributed by atoms with E-state index >= 15 is 0 Å². The summed E-state index contributed by atoms with van der Waals surface area (Å²) in [5, 5.41) is 6.78. The number of nitrogens with one attached hydrogen (secondary N) is 1. The van der Waals surface area contributed by atoms with E-state index in [4.69, 9.17) is 9.26 Å². The summed E-state index contributed by atoms with van der Waals surface area (Å²) in [7, 11) is 0. The van der Waals surface area contributed by atoms with Crippen LogP contribution in [0.4, 0.5) is 4.79 Å². The molecule has 0 unspecified atom stereocenters. The third-order valence-corrected chi connectivity index (χ3v) is 5.60. The van der Waals surface area contributed by atoms with Crippen LogP contribution in [0.15, 0.2) is 33.1 Å². The van der Waals surface area contributed by atoms with E-state index in [-0.39, 0.29) is 0 Å². The van der Waals surface area contributed by atoms with Crippen LogP contribution in [0.2, 0.25) is 0 Å². The Morgan fingerprint density at radius 1 is 1.22 bits per heavy atom. The molecular formula is C18H22N4O3S2. The van der Waals surface area contributed by atoms with Crippen LogP contribution >= 0.6 is 23.1 Å². The minimum atomic E-state index is -0.815. The van der Waals surface area contributed by atoms with Gasteiger partial charge in [-0.2, -0.15) is 4.98 Å². The van der Waals surface area contributed by atoms with Gasteiger partial charge in [-0.05, 0) is 46.8 Å². The number of benzene rings is 1. The van der Waals surface area contributed by atoms with Crippen LogP contribution in [0, 0.1) is 0 Å². The first-order valence-electron chi connectivity index (χ1n) is 8.45. The molecule has 0 spiro atoms. The molecule has 27 heavy (non-hydrogen) atoms. The van der Waals surface area contributed by atoms with Gasteiger partial charge in [0.05, 0.1) is 16.0 Å². The van der Waals surface area contributed by atoms with E-state index in [1.54, 1.807) is 36.9 Å². The number of carbonyl (C=O) groups is 1. The first kappa shape index (κ1) is 19.6. The number of thiazole rings is 1. The topological polar surface area (TPSA) is 90.1 Å². The molecule has 0 aliphatic heterocycles. The fourth-order valence-electron chi connectivity index (χ4n) is 2.22. The summed E-state index contributed by atoms with van der Waals surface area (Å²) in [6.07, 6.45) is -0.525. The number of hydrogen-bond acceptors (Lipinski definition) is 8. The monoisotopic (exact) mass is 406 g/mol. The van der Waals surface area contributed by atoms with Crippen LogP contribution in [0.5, 0.6) is 0 Å². The molecule has 0 fully saturated rings. The third kappa shape index (κ3) is 5.20. The molecule has 3 rings (SSSR count). The highest BCUT2D eigenvalue weighted by Gasteiger charge is 2.31. The zero-order chi connectivity index (χ0) is 19.7. The standard InChI is InChI=1S/C18H22N4O3S2/c1-17(2,3)24-15(23)21-18(4,5)14-20-13(25-22-14)10-26-16-19-11-8-6-7-9-12(11)27-16/h6-9H,10H2,1-5H3,(H,21,23).